The summed E-state index contributed by atoms with van der Waals surface area (Å²) < 4.78 is 5.25. The molecule has 0 aliphatic carbocycles. The van der Waals surface area contributed by atoms with E-state index in [2.05, 4.69) is 15.6 Å². The van der Waals surface area contributed by atoms with Crippen molar-refractivity contribution < 1.29 is 9.53 Å². The van der Waals surface area contributed by atoms with Gasteiger partial charge in [0.2, 0.25) is 11.8 Å². The summed E-state index contributed by atoms with van der Waals surface area (Å²) in [5, 5.41) is 5.93. The Morgan fingerprint density at radius 1 is 1.39 bits per heavy atom. The molecule has 0 bridgehead atoms. The van der Waals surface area contributed by atoms with Gasteiger partial charge in [-0.15, -0.1) is 0 Å². The van der Waals surface area contributed by atoms with Crippen LogP contribution in [-0.2, 0) is 4.79 Å². The van der Waals surface area contributed by atoms with Crippen molar-refractivity contribution in [2.75, 3.05) is 11.9 Å². The predicted octanol–water partition coefficient (Wildman–Crippen LogP) is 1.81. The fourth-order valence-corrected chi connectivity index (χ4v) is 1.42. The Balaban J connectivity index is 2.53. The second-order valence-electron chi connectivity index (χ2n) is 4.35. The molecule has 0 aromatic carbocycles. The first-order valence-corrected chi connectivity index (χ1v) is 6.18. The smallest absolute Gasteiger partial charge is 0.242 e. The van der Waals surface area contributed by atoms with Crippen molar-refractivity contribution in [3.8, 4) is 5.88 Å². The van der Waals surface area contributed by atoms with Gasteiger partial charge in [0.1, 0.15) is 6.04 Å². The van der Waals surface area contributed by atoms with Crippen molar-refractivity contribution in [3.05, 3.63) is 18.3 Å². The SMILES string of the molecule is CCOc1ccc(NC(C)C(=O)NC(C)C)cn1. The second kappa shape index (κ2) is 6.83. The van der Waals surface area contributed by atoms with Gasteiger partial charge in [0.25, 0.3) is 0 Å². The van der Waals surface area contributed by atoms with Gasteiger partial charge >= 0.3 is 0 Å². The number of hydrogen-bond acceptors (Lipinski definition) is 4. The number of rotatable bonds is 6. The molecular formula is C13H21N3O2. The molecule has 1 aromatic rings. The van der Waals surface area contributed by atoms with Crippen LogP contribution < -0.4 is 15.4 Å². The summed E-state index contributed by atoms with van der Waals surface area (Å²) in [6, 6.07) is 3.46. The van der Waals surface area contributed by atoms with Crippen LogP contribution in [0.4, 0.5) is 5.69 Å². The monoisotopic (exact) mass is 251 g/mol. The van der Waals surface area contributed by atoms with Gasteiger partial charge in [0.15, 0.2) is 0 Å². The van der Waals surface area contributed by atoms with Crippen molar-refractivity contribution in [1.82, 2.24) is 10.3 Å². The Kier molecular flexibility index (Phi) is 5.42. The van der Waals surface area contributed by atoms with Crippen LogP contribution >= 0.6 is 0 Å². The average Bonchev–Trinajstić information content (AvgIpc) is 2.31. The number of anilines is 1. The zero-order valence-electron chi connectivity index (χ0n) is 11.4. The highest BCUT2D eigenvalue weighted by Gasteiger charge is 2.13. The summed E-state index contributed by atoms with van der Waals surface area (Å²) in [7, 11) is 0. The predicted molar refractivity (Wildman–Crippen MR) is 71.8 cm³/mol. The van der Waals surface area contributed by atoms with Gasteiger partial charge in [-0.1, -0.05) is 0 Å². The highest BCUT2D eigenvalue weighted by atomic mass is 16.5. The van der Waals surface area contributed by atoms with Crippen molar-refractivity contribution in [2.45, 2.75) is 39.8 Å². The number of carbonyl (C=O) groups excluding carboxylic acids is 1. The van der Waals surface area contributed by atoms with E-state index in [9.17, 15) is 4.79 Å². The molecule has 0 aliphatic heterocycles. The Labute approximate surface area is 108 Å². The number of amides is 1. The molecule has 5 heteroatoms. The largest absolute Gasteiger partial charge is 0.478 e. The van der Waals surface area contributed by atoms with E-state index in [1.54, 1.807) is 12.3 Å². The third-order valence-corrected chi connectivity index (χ3v) is 2.24. The van der Waals surface area contributed by atoms with Gasteiger partial charge in [-0.05, 0) is 33.8 Å². The molecule has 1 atom stereocenters. The molecule has 1 aromatic heterocycles. The number of ether oxygens (including phenoxy) is 1. The lowest BCUT2D eigenvalue weighted by molar-refractivity contribution is -0.122. The zero-order chi connectivity index (χ0) is 13.5. The summed E-state index contributed by atoms with van der Waals surface area (Å²) in [6.07, 6.45) is 1.66. The first-order valence-electron chi connectivity index (χ1n) is 6.18. The van der Waals surface area contributed by atoms with E-state index in [0.717, 1.165) is 5.69 Å². The molecule has 0 saturated heterocycles. The molecule has 0 aliphatic rings. The maximum Gasteiger partial charge on any atom is 0.242 e. The Bertz CT molecular complexity index is 376. The third-order valence-electron chi connectivity index (χ3n) is 2.24. The molecule has 1 unspecified atom stereocenters. The van der Waals surface area contributed by atoms with E-state index >= 15 is 0 Å². The molecular weight excluding hydrogens is 230 g/mol. The molecule has 18 heavy (non-hydrogen) atoms. The summed E-state index contributed by atoms with van der Waals surface area (Å²) in [6.45, 7) is 8.18. The lowest BCUT2D eigenvalue weighted by Crippen LogP contribution is -2.40. The number of carbonyl (C=O) groups is 1. The minimum Gasteiger partial charge on any atom is -0.478 e. The maximum absolute atomic E-state index is 11.7. The van der Waals surface area contributed by atoms with Crippen LogP contribution in [0.25, 0.3) is 0 Å². The van der Waals surface area contributed by atoms with Crippen LogP contribution in [0.2, 0.25) is 0 Å². The molecule has 0 fully saturated rings. The van der Waals surface area contributed by atoms with Crippen LogP contribution in [0.15, 0.2) is 18.3 Å². The highest BCUT2D eigenvalue weighted by Crippen LogP contribution is 2.12. The topological polar surface area (TPSA) is 63.2 Å². The molecule has 5 nitrogen and oxygen atoms in total. The van der Waals surface area contributed by atoms with Crippen LogP contribution in [-0.4, -0.2) is 29.6 Å². The summed E-state index contributed by atoms with van der Waals surface area (Å²) >= 11 is 0. The molecule has 1 heterocycles. The lowest BCUT2D eigenvalue weighted by Gasteiger charge is -2.16. The zero-order valence-corrected chi connectivity index (χ0v) is 11.4. The van der Waals surface area contributed by atoms with Crippen LogP contribution in [0.3, 0.4) is 0 Å². The van der Waals surface area contributed by atoms with Gasteiger partial charge in [-0.25, -0.2) is 4.98 Å². The normalized spacial score (nSPS) is 12.1. The van der Waals surface area contributed by atoms with Crippen LogP contribution in [0.1, 0.15) is 27.7 Å². The number of aromatic nitrogens is 1. The van der Waals surface area contributed by atoms with E-state index in [1.165, 1.54) is 0 Å². The molecule has 100 valence electrons. The van der Waals surface area contributed by atoms with Gasteiger partial charge in [-0.3, -0.25) is 4.79 Å². The molecule has 1 amide bonds. The van der Waals surface area contributed by atoms with Gasteiger partial charge < -0.3 is 15.4 Å². The minimum absolute atomic E-state index is 0.0288. The van der Waals surface area contributed by atoms with Gasteiger partial charge in [-0.2, -0.15) is 0 Å². The van der Waals surface area contributed by atoms with Crippen molar-refractivity contribution >= 4 is 11.6 Å². The molecule has 2 N–H and O–H groups in total. The summed E-state index contributed by atoms with van der Waals surface area (Å²) in [4.78, 5) is 15.8. The van der Waals surface area contributed by atoms with Crippen LogP contribution in [0.5, 0.6) is 5.88 Å². The number of nitrogens with zero attached hydrogens (tertiary/aromatic N) is 1. The van der Waals surface area contributed by atoms with Crippen LogP contribution in [0, 0.1) is 0 Å². The van der Waals surface area contributed by atoms with Crippen molar-refractivity contribution in [2.24, 2.45) is 0 Å². The Morgan fingerprint density at radius 3 is 2.61 bits per heavy atom. The second-order valence-corrected chi connectivity index (χ2v) is 4.35. The summed E-state index contributed by atoms with van der Waals surface area (Å²) in [5.74, 6) is 0.557. The number of pyridine rings is 1. The molecule has 0 spiro atoms. The number of nitrogens with one attached hydrogen (secondary N) is 2. The summed E-state index contributed by atoms with van der Waals surface area (Å²) in [5.41, 5.74) is 0.796. The Morgan fingerprint density at radius 2 is 2.11 bits per heavy atom. The molecule has 1 rings (SSSR count). The first kappa shape index (κ1) is 14.3. The lowest BCUT2D eigenvalue weighted by atomic mass is 10.2. The van der Waals surface area contributed by atoms with Crippen molar-refractivity contribution in [1.29, 1.82) is 0 Å². The van der Waals surface area contributed by atoms with E-state index in [0.29, 0.717) is 12.5 Å². The van der Waals surface area contributed by atoms with Gasteiger partial charge in [0, 0.05) is 12.1 Å². The van der Waals surface area contributed by atoms with E-state index in [4.69, 9.17) is 4.74 Å². The fraction of sp³-hybridized carbons (Fsp3) is 0.538. The minimum atomic E-state index is -0.299. The molecule has 0 saturated carbocycles. The maximum atomic E-state index is 11.7. The Hall–Kier alpha value is -1.78. The van der Waals surface area contributed by atoms with Gasteiger partial charge in [0.05, 0.1) is 18.5 Å². The van der Waals surface area contributed by atoms with Crippen molar-refractivity contribution in [3.63, 3.8) is 0 Å². The first-order chi connectivity index (χ1) is 8.52. The number of hydrogen-bond donors (Lipinski definition) is 2. The molecule has 0 radical (unpaired) electrons. The standard InChI is InChI=1S/C13H21N3O2/c1-5-18-12-7-6-11(8-14-12)16-10(4)13(17)15-9(2)3/h6-10,16H,5H2,1-4H3,(H,15,17). The average molecular weight is 251 g/mol. The van der Waals surface area contributed by atoms with E-state index in [-0.39, 0.29) is 18.0 Å². The fourth-order valence-electron chi connectivity index (χ4n) is 1.42. The van der Waals surface area contributed by atoms with E-state index in [1.807, 2.05) is 33.8 Å². The highest BCUT2D eigenvalue weighted by molar-refractivity contribution is 5.84. The quantitative estimate of drug-likeness (QED) is 0.809. The third kappa shape index (κ3) is 4.61. The van der Waals surface area contributed by atoms with E-state index < -0.39 is 0 Å².